The molecule has 2 atom stereocenters. The van der Waals surface area contributed by atoms with E-state index < -0.39 is 21.8 Å². The number of methoxy groups -OCH3 is 1. The van der Waals surface area contributed by atoms with Crippen molar-refractivity contribution < 1.29 is 26.3 Å². The van der Waals surface area contributed by atoms with E-state index in [9.17, 15) is 21.6 Å². The van der Waals surface area contributed by atoms with Crippen molar-refractivity contribution in [3.05, 3.63) is 101 Å². The maximum Gasteiger partial charge on any atom is 0.418 e. The standard InChI is InChI=1S/C36H37F3N6O3S/c1-23-9-11-27(12-10-23)49(46,47)45-18-14-28-32(30(36(37,38)39)20-40-34(28)45)33-41-31-15-16-43(21-25-7-5-4-6-8-25)22-29(31)35(42-33)44-17-13-26(48-3)19-24(44)2/h4-12,14,18,20,24,26H,13,15-17,19,21-22H2,1-3H3/t24-,26-/m1/s1. The molecule has 1 saturated heterocycles. The summed E-state index contributed by atoms with van der Waals surface area (Å²) in [6.07, 6.45) is -0.785. The SMILES string of the molecule is CO[C@@H]1CCN(c2nc(-c3c(C(F)(F)F)cnc4c3ccn4S(=O)(=O)c3ccc(C)cc3)nc3c2CN(Cc2ccccc2)CC3)[C@H](C)C1. The minimum Gasteiger partial charge on any atom is -0.381 e. The molecule has 2 aliphatic rings. The van der Waals surface area contributed by atoms with Crippen molar-refractivity contribution in [1.82, 2.24) is 23.8 Å². The summed E-state index contributed by atoms with van der Waals surface area (Å²) in [5.74, 6) is 0.501. The largest absolute Gasteiger partial charge is 0.418 e. The Kier molecular flexibility index (Phi) is 8.70. The molecule has 0 saturated carbocycles. The molecular weight excluding hydrogens is 653 g/mol. The summed E-state index contributed by atoms with van der Waals surface area (Å²) in [6, 6.07) is 17.8. The second kappa shape index (κ2) is 12.8. The van der Waals surface area contributed by atoms with Crippen LogP contribution >= 0.6 is 0 Å². The fourth-order valence-corrected chi connectivity index (χ4v) is 8.27. The first-order chi connectivity index (χ1) is 23.4. The first kappa shape index (κ1) is 33.2. The van der Waals surface area contributed by atoms with E-state index in [0.29, 0.717) is 43.8 Å². The lowest BCUT2D eigenvalue weighted by Crippen LogP contribution is -2.45. The number of hydrogen-bond acceptors (Lipinski definition) is 8. The molecule has 2 aromatic carbocycles. The van der Waals surface area contributed by atoms with Crippen LogP contribution in [0.4, 0.5) is 19.0 Å². The Bertz CT molecular complexity index is 2100. The summed E-state index contributed by atoms with van der Waals surface area (Å²) >= 11 is 0. The molecule has 0 spiro atoms. The Morgan fingerprint density at radius 3 is 2.45 bits per heavy atom. The van der Waals surface area contributed by atoms with Crippen LogP contribution < -0.4 is 4.90 Å². The van der Waals surface area contributed by atoms with E-state index in [0.717, 1.165) is 34.5 Å². The predicted molar refractivity (Wildman–Crippen MR) is 181 cm³/mol. The Labute approximate surface area is 283 Å². The zero-order chi connectivity index (χ0) is 34.5. The zero-order valence-electron chi connectivity index (χ0n) is 27.5. The number of anilines is 1. The Hall–Kier alpha value is -4.33. The molecule has 7 rings (SSSR count). The van der Waals surface area contributed by atoms with Crippen LogP contribution in [0.25, 0.3) is 22.4 Å². The molecule has 2 aliphatic heterocycles. The molecule has 0 aliphatic carbocycles. The fourth-order valence-electron chi connectivity index (χ4n) is 6.97. The number of ether oxygens (including phenoxy) is 1. The topological polar surface area (TPSA) is 93.4 Å². The van der Waals surface area contributed by atoms with Gasteiger partial charge in [0.2, 0.25) is 0 Å². The summed E-state index contributed by atoms with van der Waals surface area (Å²) in [5.41, 5.74) is 2.18. The van der Waals surface area contributed by atoms with Gasteiger partial charge in [0.1, 0.15) is 5.82 Å². The highest BCUT2D eigenvalue weighted by molar-refractivity contribution is 7.90. The van der Waals surface area contributed by atoms with Crippen LogP contribution in [-0.2, 0) is 40.4 Å². The van der Waals surface area contributed by atoms with Crippen LogP contribution in [0.1, 0.15) is 47.7 Å². The summed E-state index contributed by atoms with van der Waals surface area (Å²) in [6.45, 7) is 6.45. The number of aromatic nitrogens is 4. The minimum absolute atomic E-state index is 0.000305. The van der Waals surface area contributed by atoms with Crippen molar-refractivity contribution in [2.24, 2.45) is 0 Å². The number of halogens is 3. The van der Waals surface area contributed by atoms with Gasteiger partial charge in [-0.15, -0.1) is 0 Å². The van der Waals surface area contributed by atoms with Gasteiger partial charge in [-0.1, -0.05) is 48.0 Å². The van der Waals surface area contributed by atoms with Gasteiger partial charge in [0.25, 0.3) is 10.0 Å². The predicted octanol–water partition coefficient (Wildman–Crippen LogP) is 6.62. The van der Waals surface area contributed by atoms with E-state index in [2.05, 4.69) is 33.8 Å². The van der Waals surface area contributed by atoms with Crippen molar-refractivity contribution in [1.29, 1.82) is 0 Å². The van der Waals surface area contributed by atoms with Crippen molar-refractivity contribution in [2.45, 2.75) is 69.4 Å². The first-order valence-electron chi connectivity index (χ1n) is 16.3. The normalized spacial score (nSPS) is 18.9. The maximum atomic E-state index is 14.8. The third-order valence-corrected chi connectivity index (χ3v) is 11.3. The van der Waals surface area contributed by atoms with Gasteiger partial charge < -0.3 is 9.64 Å². The molecule has 5 heterocycles. The average molecular weight is 691 g/mol. The molecule has 0 amide bonds. The molecule has 0 unspecified atom stereocenters. The molecule has 49 heavy (non-hydrogen) atoms. The van der Waals surface area contributed by atoms with Gasteiger partial charge >= 0.3 is 6.18 Å². The number of benzene rings is 2. The molecule has 1 fully saturated rings. The minimum atomic E-state index is -4.80. The number of piperidine rings is 1. The lowest BCUT2D eigenvalue weighted by molar-refractivity contribution is -0.137. The number of fused-ring (bicyclic) bond motifs is 2. The van der Waals surface area contributed by atoms with E-state index in [-0.39, 0.29) is 39.5 Å². The highest BCUT2D eigenvalue weighted by atomic mass is 32.2. The van der Waals surface area contributed by atoms with E-state index in [1.807, 2.05) is 25.1 Å². The van der Waals surface area contributed by atoms with Crippen molar-refractivity contribution in [2.75, 3.05) is 25.1 Å². The van der Waals surface area contributed by atoms with Gasteiger partial charge in [-0.2, -0.15) is 13.2 Å². The third-order valence-electron chi connectivity index (χ3n) is 9.59. The molecule has 5 aromatic rings. The second-order valence-corrected chi connectivity index (χ2v) is 14.7. The monoisotopic (exact) mass is 690 g/mol. The molecular formula is C36H37F3N6O3S. The highest BCUT2D eigenvalue weighted by Crippen LogP contribution is 2.42. The smallest absolute Gasteiger partial charge is 0.381 e. The summed E-state index contributed by atoms with van der Waals surface area (Å²) < 4.78 is 78.2. The number of nitrogens with zero attached hydrogens (tertiary/aromatic N) is 6. The Morgan fingerprint density at radius 2 is 1.76 bits per heavy atom. The van der Waals surface area contributed by atoms with Crippen LogP contribution in [0.15, 0.2) is 78.0 Å². The lowest BCUT2D eigenvalue weighted by Gasteiger charge is -2.40. The molecule has 256 valence electrons. The van der Waals surface area contributed by atoms with Crippen molar-refractivity contribution in [3.8, 4) is 11.4 Å². The van der Waals surface area contributed by atoms with Crippen molar-refractivity contribution >= 4 is 26.9 Å². The van der Waals surface area contributed by atoms with Gasteiger partial charge in [-0.05, 0) is 50.5 Å². The van der Waals surface area contributed by atoms with Crippen molar-refractivity contribution in [3.63, 3.8) is 0 Å². The molecule has 0 bridgehead atoms. The van der Waals surface area contributed by atoms with Gasteiger partial charge in [0.05, 0.1) is 22.3 Å². The van der Waals surface area contributed by atoms with Crippen LogP contribution in [0, 0.1) is 6.92 Å². The average Bonchev–Trinajstić information content (AvgIpc) is 3.53. The number of hydrogen-bond donors (Lipinski definition) is 0. The highest BCUT2D eigenvalue weighted by Gasteiger charge is 2.39. The van der Waals surface area contributed by atoms with E-state index >= 15 is 0 Å². The number of rotatable bonds is 7. The van der Waals surface area contributed by atoms with Crippen LogP contribution in [0.3, 0.4) is 0 Å². The zero-order valence-corrected chi connectivity index (χ0v) is 28.3. The van der Waals surface area contributed by atoms with Gasteiger partial charge in [0, 0.05) is 74.7 Å². The molecule has 0 radical (unpaired) electrons. The number of pyridine rings is 1. The van der Waals surface area contributed by atoms with E-state index in [1.165, 1.54) is 30.0 Å². The summed E-state index contributed by atoms with van der Waals surface area (Å²) in [5, 5.41) is 0.00376. The second-order valence-electron chi connectivity index (χ2n) is 12.9. The molecule has 9 nitrogen and oxygen atoms in total. The third kappa shape index (κ3) is 6.30. The van der Waals surface area contributed by atoms with Gasteiger partial charge in [-0.25, -0.2) is 27.3 Å². The number of aryl methyl sites for hydroxylation is 1. The van der Waals surface area contributed by atoms with Crippen LogP contribution in [0.2, 0.25) is 0 Å². The first-order valence-corrected chi connectivity index (χ1v) is 17.7. The van der Waals surface area contributed by atoms with Crippen LogP contribution in [0.5, 0.6) is 0 Å². The van der Waals surface area contributed by atoms with E-state index in [1.54, 1.807) is 19.2 Å². The molecule has 3 aromatic heterocycles. The summed E-state index contributed by atoms with van der Waals surface area (Å²) in [7, 11) is -2.47. The maximum absolute atomic E-state index is 14.8. The van der Waals surface area contributed by atoms with Gasteiger partial charge in [0.15, 0.2) is 11.5 Å². The summed E-state index contributed by atoms with van der Waals surface area (Å²) in [4.78, 5) is 18.3. The lowest BCUT2D eigenvalue weighted by atomic mass is 9.97. The van der Waals surface area contributed by atoms with Crippen LogP contribution in [-0.4, -0.2) is 64.6 Å². The number of alkyl halides is 3. The molecule has 13 heteroatoms. The molecule has 0 N–H and O–H groups in total. The van der Waals surface area contributed by atoms with Gasteiger partial charge in [-0.3, -0.25) is 4.90 Å². The Balaban J connectivity index is 1.39. The quantitative estimate of drug-likeness (QED) is 0.188. The fraction of sp³-hybridized carbons (Fsp3) is 0.361. The van der Waals surface area contributed by atoms with E-state index in [4.69, 9.17) is 14.7 Å². The Morgan fingerprint density at radius 1 is 1.00 bits per heavy atom.